The van der Waals surface area contributed by atoms with Crippen LogP contribution in [0.25, 0.3) is 11.0 Å². The van der Waals surface area contributed by atoms with Crippen LogP contribution in [0.15, 0.2) is 27.5 Å². The number of carbonyl (C=O) groups is 1. The highest BCUT2D eigenvalue weighted by molar-refractivity contribution is 7.89. The van der Waals surface area contributed by atoms with Gasteiger partial charge >= 0.3 is 0 Å². The van der Waals surface area contributed by atoms with Gasteiger partial charge in [-0.05, 0) is 38.0 Å². The lowest BCUT2D eigenvalue weighted by atomic mass is 10.1. The number of carbonyl (C=O) groups excluding carboxylic acids is 1. The van der Waals surface area contributed by atoms with Crippen LogP contribution in [0.3, 0.4) is 0 Å². The fourth-order valence-corrected chi connectivity index (χ4v) is 6.45. The Morgan fingerprint density at radius 2 is 1.62 bits per heavy atom. The molecule has 0 atom stereocenters. The number of piperidine rings is 1. The molecule has 0 radical (unpaired) electrons. The molecule has 3 aliphatic heterocycles. The second kappa shape index (κ2) is 8.44. The van der Waals surface area contributed by atoms with Gasteiger partial charge in [-0.3, -0.25) is 4.79 Å². The maximum atomic E-state index is 13.3. The maximum absolute atomic E-state index is 13.3. The summed E-state index contributed by atoms with van der Waals surface area (Å²) in [5.74, 6) is -0.422. The lowest BCUT2D eigenvalue weighted by Gasteiger charge is -2.36. The van der Waals surface area contributed by atoms with E-state index < -0.39 is 15.8 Å². The van der Waals surface area contributed by atoms with Crippen molar-refractivity contribution >= 4 is 26.9 Å². The SMILES string of the molecule is Cc1c(C(=O)N2CCCCCC2)oc2ccc(S(=O)(=O)N3CCC4(CC3)OCCO4)cc12. The Bertz CT molecular complexity index is 1100. The summed E-state index contributed by atoms with van der Waals surface area (Å²) >= 11 is 0. The highest BCUT2D eigenvalue weighted by Gasteiger charge is 2.42. The van der Waals surface area contributed by atoms with E-state index in [0.717, 1.165) is 38.8 Å². The lowest BCUT2D eigenvalue weighted by Crippen LogP contribution is -2.47. The molecule has 1 aromatic carbocycles. The Balaban J connectivity index is 1.39. The van der Waals surface area contributed by atoms with Gasteiger partial charge in [0.25, 0.3) is 5.91 Å². The third kappa shape index (κ3) is 3.85. The minimum atomic E-state index is -3.67. The molecule has 0 bridgehead atoms. The summed E-state index contributed by atoms with van der Waals surface area (Å²) in [5.41, 5.74) is 1.22. The third-order valence-electron chi connectivity index (χ3n) is 6.93. The second-order valence-electron chi connectivity index (χ2n) is 8.93. The number of nitrogens with zero attached hydrogens (tertiary/aromatic N) is 2. The summed E-state index contributed by atoms with van der Waals surface area (Å²) in [5, 5.41) is 0.667. The highest BCUT2D eigenvalue weighted by Crippen LogP contribution is 2.35. The van der Waals surface area contributed by atoms with Gasteiger partial charge in [-0.2, -0.15) is 4.31 Å². The maximum Gasteiger partial charge on any atom is 0.289 e. The first-order valence-corrected chi connectivity index (χ1v) is 12.9. The Kier molecular flexibility index (Phi) is 5.77. The molecule has 1 aromatic heterocycles. The zero-order chi connectivity index (χ0) is 22.3. The number of amides is 1. The first-order valence-electron chi connectivity index (χ1n) is 11.5. The van der Waals surface area contributed by atoms with Gasteiger partial charge in [-0.25, -0.2) is 8.42 Å². The number of hydrogen-bond donors (Lipinski definition) is 0. The van der Waals surface area contributed by atoms with Crippen molar-refractivity contribution in [3.8, 4) is 0 Å². The van der Waals surface area contributed by atoms with Gasteiger partial charge in [-0.1, -0.05) is 12.8 Å². The van der Waals surface area contributed by atoms with Crippen molar-refractivity contribution in [3.05, 3.63) is 29.5 Å². The molecule has 3 aliphatic rings. The van der Waals surface area contributed by atoms with Crippen molar-refractivity contribution < 1.29 is 27.1 Å². The van der Waals surface area contributed by atoms with E-state index in [0.29, 0.717) is 61.4 Å². The summed E-state index contributed by atoms with van der Waals surface area (Å²) in [6.07, 6.45) is 5.32. The average Bonchev–Trinajstić information content (AvgIpc) is 3.26. The van der Waals surface area contributed by atoms with Gasteiger partial charge in [0.15, 0.2) is 11.5 Å². The number of aryl methyl sites for hydroxylation is 1. The van der Waals surface area contributed by atoms with Crippen molar-refractivity contribution in [2.24, 2.45) is 0 Å². The predicted octanol–water partition coefficient (Wildman–Crippen LogP) is 3.29. The molecule has 8 nitrogen and oxygen atoms in total. The van der Waals surface area contributed by atoms with Crippen molar-refractivity contribution in [1.29, 1.82) is 0 Å². The Morgan fingerprint density at radius 3 is 2.28 bits per heavy atom. The van der Waals surface area contributed by atoms with Crippen LogP contribution in [0.2, 0.25) is 0 Å². The van der Waals surface area contributed by atoms with Gasteiger partial charge in [0.2, 0.25) is 10.0 Å². The fraction of sp³-hybridized carbons (Fsp3) is 0.609. The van der Waals surface area contributed by atoms with Crippen LogP contribution in [0.4, 0.5) is 0 Å². The van der Waals surface area contributed by atoms with E-state index in [1.807, 2.05) is 11.8 Å². The van der Waals surface area contributed by atoms with Crippen LogP contribution < -0.4 is 0 Å². The highest BCUT2D eigenvalue weighted by atomic mass is 32.2. The van der Waals surface area contributed by atoms with E-state index in [1.165, 1.54) is 4.31 Å². The van der Waals surface area contributed by atoms with Crippen LogP contribution in [-0.4, -0.2) is 68.7 Å². The largest absolute Gasteiger partial charge is 0.451 e. The van der Waals surface area contributed by atoms with Gasteiger partial charge < -0.3 is 18.8 Å². The Labute approximate surface area is 188 Å². The Hall–Kier alpha value is -1.94. The van der Waals surface area contributed by atoms with E-state index >= 15 is 0 Å². The number of furan rings is 1. The first kappa shape index (κ1) is 21.9. The summed E-state index contributed by atoms with van der Waals surface area (Å²) in [6.45, 7) is 5.11. The summed E-state index contributed by atoms with van der Waals surface area (Å²) in [6, 6.07) is 4.85. The van der Waals surface area contributed by atoms with Gasteiger partial charge in [0, 0.05) is 50.0 Å². The van der Waals surface area contributed by atoms with Crippen LogP contribution in [0.1, 0.15) is 54.6 Å². The summed E-state index contributed by atoms with van der Waals surface area (Å²) < 4.78 is 45.4. The van der Waals surface area contributed by atoms with Gasteiger partial charge in [0.1, 0.15) is 5.58 Å². The number of sulfonamides is 1. The summed E-state index contributed by atoms with van der Waals surface area (Å²) in [4.78, 5) is 15.1. The second-order valence-corrected chi connectivity index (χ2v) is 10.9. The molecular formula is C23H30N2O6S. The lowest BCUT2D eigenvalue weighted by molar-refractivity contribution is -0.179. The normalized spacial score (nSPS) is 22.5. The smallest absolute Gasteiger partial charge is 0.289 e. The molecule has 4 heterocycles. The van der Waals surface area contributed by atoms with Crippen molar-refractivity contribution in [3.63, 3.8) is 0 Å². The molecule has 1 spiro atoms. The molecule has 32 heavy (non-hydrogen) atoms. The van der Waals surface area contributed by atoms with Crippen LogP contribution >= 0.6 is 0 Å². The van der Waals surface area contributed by atoms with Crippen molar-refractivity contribution in [2.45, 2.75) is 56.1 Å². The molecule has 9 heteroatoms. The summed E-state index contributed by atoms with van der Waals surface area (Å²) in [7, 11) is -3.67. The van der Waals surface area contributed by atoms with E-state index in [9.17, 15) is 13.2 Å². The zero-order valence-electron chi connectivity index (χ0n) is 18.5. The van der Waals surface area contributed by atoms with Crippen molar-refractivity contribution in [1.82, 2.24) is 9.21 Å². The van der Waals surface area contributed by atoms with Gasteiger partial charge in [0.05, 0.1) is 18.1 Å². The first-order chi connectivity index (χ1) is 15.4. The quantitative estimate of drug-likeness (QED) is 0.696. The fourth-order valence-electron chi connectivity index (χ4n) is 4.98. The molecular weight excluding hydrogens is 432 g/mol. The molecule has 1 amide bonds. The molecule has 0 aliphatic carbocycles. The molecule has 0 N–H and O–H groups in total. The molecule has 0 saturated carbocycles. The monoisotopic (exact) mass is 462 g/mol. The van der Waals surface area contributed by atoms with E-state index in [4.69, 9.17) is 13.9 Å². The van der Waals surface area contributed by atoms with E-state index in [-0.39, 0.29) is 10.8 Å². The molecule has 2 aromatic rings. The average molecular weight is 463 g/mol. The van der Waals surface area contributed by atoms with E-state index in [2.05, 4.69) is 0 Å². The molecule has 3 saturated heterocycles. The van der Waals surface area contributed by atoms with E-state index in [1.54, 1.807) is 18.2 Å². The number of hydrogen-bond acceptors (Lipinski definition) is 6. The number of ether oxygens (including phenoxy) is 2. The minimum Gasteiger partial charge on any atom is -0.451 e. The Morgan fingerprint density at radius 1 is 0.969 bits per heavy atom. The number of fused-ring (bicyclic) bond motifs is 1. The minimum absolute atomic E-state index is 0.108. The van der Waals surface area contributed by atoms with Crippen LogP contribution in [0, 0.1) is 6.92 Å². The van der Waals surface area contributed by atoms with Crippen LogP contribution in [-0.2, 0) is 19.5 Å². The molecule has 174 valence electrons. The zero-order valence-corrected chi connectivity index (χ0v) is 19.3. The molecule has 3 fully saturated rings. The topological polar surface area (TPSA) is 89.3 Å². The molecule has 5 rings (SSSR count). The number of benzene rings is 1. The predicted molar refractivity (Wildman–Crippen MR) is 118 cm³/mol. The van der Waals surface area contributed by atoms with Gasteiger partial charge in [-0.15, -0.1) is 0 Å². The number of rotatable bonds is 3. The third-order valence-corrected chi connectivity index (χ3v) is 8.83. The van der Waals surface area contributed by atoms with Crippen LogP contribution in [0.5, 0.6) is 0 Å². The number of likely N-dealkylation sites (tertiary alicyclic amines) is 1. The molecule has 0 unspecified atom stereocenters. The standard InChI is InChI=1S/C23H30N2O6S/c1-17-19-16-18(32(27,28)25-12-8-23(9-13-25)29-14-15-30-23)6-7-20(19)31-21(17)22(26)24-10-4-2-3-5-11-24/h6-7,16H,2-5,8-15H2,1H3. The van der Waals surface area contributed by atoms with Crippen molar-refractivity contribution in [2.75, 3.05) is 39.4 Å².